The Labute approximate surface area is 190 Å². The van der Waals surface area contributed by atoms with E-state index in [4.69, 9.17) is 4.98 Å². The second kappa shape index (κ2) is 8.46. The number of rotatable bonds is 4. The number of aromatic nitrogens is 4. The van der Waals surface area contributed by atoms with E-state index in [0.29, 0.717) is 10.7 Å². The third-order valence-corrected chi connectivity index (χ3v) is 6.11. The van der Waals surface area contributed by atoms with Crippen LogP contribution in [0, 0.1) is 11.8 Å². The SMILES string of the molecule is CC(O)(C#Cc1cc2n(n1)CCCN2c1cccc(Nc2ccccc2)n1)c1nccs1. The number of benzene rings is 1. The number of nitrogens with zero attached hydrogens (tertiary/aromatic N) is 5. The normalized spacial score (nSPS) is 14.8. The summed E-state index contributed by atoms with van der Waals surface area (Å²) in [7, 11) is 0. The third kappa shape index (κ3) is 4.21. The van der Waals surface area contributed by atoms with Crippen molar-refractivity contribution in [3.8, 4) is 11.8 Å². The Hall–Kier alpha value is -3.67. The van der Waals surface area contributed by atoms with Crippen LogP contribution in [0.25, 0.3) is 0 Å². The van der Waals surface area contributed by atoms with Crippen LogP contribution in [0.3, 0.4) is 0 Å². The minimum atomic E-state index is -1.31. The summed E-state index contributed by atoms with van der Waals surface area (Å²) in [6.07, 6.45) is 2.62. The first kappa shape index (κ1) is 20.2. The minimum absolute atomic E-state index is 0.572. The van der Waals surface area contributed by atoms with Gasteiger partial charge in [0.15, 0.2) is 5.60 Å². The first-order valence-corrected chi connectivity index (χ1v) is 11.3. The number of nitrogens with one attached hydrogen (secondary N) is 1. The van der Waals surface area contributed by atoms with Gasteiger partial charge < -0.3 is 15.3 Å². The van der Waals surface area contributed by atoms with E-state index < -0.39 is 5.60 Å². The topological polar surface area (TPSA) is 79.1 Å². The molecule has 8 heteroatoms. The minimum Gasteiger partial charge on any atom is -0.371 e. The molecule has 0 aliphatic carbocycles. The zero-order valence-corrected chi connectivity index (χ0v) is 18.4. The van der Waals surface area contributed by atoms with Crippen LogP contribution in [0.4, 0.5) is 23.1 Å². The van der Waals surface area contributed by atoms with Gasteiger partial charge in [-0.1, -0.05) is 30.2 Å². The monoisotopic (exact) mass is 442 g/mol. The van der Waals surface area contributed by atoms with Gasteiger partial charge in [0.05, 0.1) is 0 Å². The van der Waals surface area contributed by atoms with Gasteiger partial charge >= 0.3 is 0 Å². The number of fused-ring (bicyclic) bond motifs is 1. The molecule has 1 unspecified atom stereocenters. The number of aliphatic hydroxyl groups is 1. The van der Waals surface area contributed by atoms with Crippen LogP contribution < -0.4 is 10.2 Å². The maximum absolute atomic E-state index is 10.6. The highest BCUT2D eigenvalue weighted by Gasteiger charge is 2.24. The average molecular weight is 443 g/mol. The molecule has 0 radical (unpaired) electrons. The molecule has 3 aromatic heterocycles. The fourth-order valence-electron chi connectivity index (χ4n) is 3.59. The fraction of sp³-hybridized carbons (Fsp3) is 0.208. The van der Waals surface area contributed by atoms with Gasteiger partial charge in [-0.15, -0.1) is 11.3 Å². The van der Waals surface area contributed by atoms with E-state index in [1.165, 1.54) is 11.3 Å². The molecule has 4 aromatic rings. The highest BCUT2D eigenvalue weighted by Crippen LogP contribution is 2.30. The van der Waals surface area contributed by atoms with Crippen molar-refractivity contribution in [1.82, 2.24) is 19.7 Å². The van der Waals surface area contributed by atoms with E-state index in [-0.39, 0.29) is 0 Å². The molecule has 0 amide bonds. The van der Waals surface area contributed by atoms with E-state index in [2.05, 4.69) is 32.1 Å². The Morgan fingerprint density at radius 3 is 2.81 bits per heavy atom. The Bertz CT molecular complexity index is 1270. The molecule has 5 rings (SSSR count). The zero-order chi connectivity index (χ0) is 22.0. The summed E-state index contributed by atoms with van der Waals surface area (Å²) in [6, 6.07) is 17.9. The van der Waals surface area contributed by atoms with Gasteiger partial charge in [0.25, 0.3) is 0 Å². The Morgan fingerprint density at radius 2 is 2.00 bits per heavy atom. The number of pyridine rings is 1. The summed E-state index contributed by atoms with van der Waals surface area (Å²) < 4.78 is 1.95. The lowest BCUT2D eigenvalue weighted by Crippen LogP contribution is -2.28. The van der Waals surface area contributed by atoms with E-state index in [1.54, 1.807) is 13.1 Å². The predicted octanol–water partition coefficient (Wildman–Crippen LogP) is 4.28. The lowest BCUT2D eigenvalue weighted by atomic mass is 10.1. The molecule has 1 aromatic carbocycles. The highest BCUT2D eigenvalue weighted by atomic mass is 32.1. The largest absolute Gasteiger partial charge is 0.371 e. The van der Waals surface area contributed by atoms with Crippen LogP contribution in [0.2, 0.25) is 0 Å². The maximum Gasteiger partial charge on any atom is 0.174 e. The molecule has 2 N–H and O–H groups in total. The molecule has 1 aliphatic rings. The lowest BCUT2D eigenvalue weighted by Gasteiger charge is -2.28. The van der Waals surface area contributed by atoms with E-state index in [9.17, 15) is 5.11 Å². The van der Waals surface area contributed by atoms with Crippen LogP contribution >= 0.6 is 11.3 Å². The highest BCUT2D eigenvalue weighted by molar-refractivity contribution is 7.09. The summed E-state index contributed by atoms with van der Waals surface area (Å²) in [6.45, 7) is 3.31. The van der Waals surface area contributed by atoms with Gasteiger partial charge in [0.2, 0.25) is 0 Å². The predicted molar refractivity (Wildman–Crippen MR) is 126 cm³/mol. The van der Waals surface area contributed by atoms with Crippen LogP contribution in [0.5, 0.6) is 0 Å². The van der Waals surface area contributed by atoms with Crippen LogP contribution in [-0.2, 0) is 12.1 Å². The summed E-state index contributed by atoms with van der Waals surface area (Å²) in [5.41, 5.74) is 0.296. The molecule has 32 heavy (non-hydrogen) atoms. The van der Waals surface area contributed by atoms with Crippen LogP contribution in [0.1, 0.15) is 24.0 Å². The second-order valence-corrected chi connectivity index (χ2v) is 8.54. The maximum atomic E-state index is 10.6. The number of para-hydroxylation sites is 1. The van der Waals surface area contributed by atoms with Crippen molar-refractivity contribution in [2.75, 3.05) is 16.8 Å². The van der Waals surface area contributed by atoms with Crippen molar-refractivity contribution in [3.05, 3.63) is 76.9 Å². The molecular weight excluding hydrogens is 420 g/mol. The molecule has 0 fully saturated rings. The number of thiazole rings is 1. The van der Waals surface area contributed by atoms with Gasteiger partial charge in [0.1, 0.15) is 28.2 Å². The number of anilines is 4. The molecule has 0 saturated heterocycles. The molecule has 1 atom stereocenters. The van der Waals surface area contributed by atoms with Gasteiger partial charge in [-0.3, -0.25) is 0 Å². The third-order valence-electron chi connectivity index (χ3n) is 5.13. The smallest absolute Gasteiger partial charge is 0.174 e. The van der Waals surface area contributed by atoms with Gasteiger partial charge in [-0.05, 0) is 43.5 Å². The first-order chi connectivity index (χ1) is 15.6. The lowest BCUT2D eigenvalue weighted by molar-refractivity contribution is 0.122. The molecular formula is C24H22N6OS. The summed E-state index contributed by atoms with van der Waals surface area (Å²) in [5.74, 6) is 8.51. The van der Waals surface area contributed by atoms with Crippen LogP contribution in [-0.4, -0.2) is 31.4 Å². The molecule has 0 spiro atoms. The number of hydrogen-bond donors (Lipinski definition) is 2. The first-order valence-electron chi connectivity index (χ1n) is 10.4. The van der Waals surface area contributed by atoms with Gasteiger partial charge in [0, 0.05) is 36.4 Å². The van der Waals surface area contributed by atoms with E-state index >= 15 is 0 Å². The second-order valence-electron chi connectivity index (χ2n) is 7.65. The van der Waals surface area contributed by atoms with Crippen molar-refractivity contribution < 1.29 is 5.11 Å². The Balaban J connectivity index is 1.41. The number of aryl methyl sites for hydroxylation is 1. The van der Waals surface area contributed by atoms with Crippen molar-refractivity contribution in [1.29, 1.82) is 0 Å². The van der Waals surface area contributed by atoms with Crippen molar-refractivity contribution in [2.24, 2.45) is 0 Å². The standard InChI is InChI=1S/C24H22N6OS/c1-24(31,23-25-13-16-32-23)12-11-19-17-22-29(14-6-15-30(22)28-19)21-10-5-9-20(27-21)26-18-7-3-2-4-8-18/h2-5,7-10,13,16-17,31H,6,14-15H2,1H3,(H,26,27). The van der Waals surface area contributed by atoms with Gasteiger partial charge in [-0.2, -0.15) is 5.10 Å². The fourth-order valence-corrected chi connectivity index (χ4v) is 4.24. The zero-order valence-electron chi connectivity index (χ0n) is 17.6. The number of hydrogen-bond acceptors (Lipinski definition) is 7. The van der Waals surface area contributed by atoms with Crippen molar-refractivity contribution in [2.45, 2.75) is 25.5 Å². The van der Waals surface area contributed by atoms with Crippen LogP contribution in [0.15, 0.2) is 66.2 Å². The van der Waals surface area contributed by atoms with Gasteiger partial charge in [-0.25, -0.2) is 14.6 Å². The summed E-state index contributed by atoms with van der Waals surface area (Å²) in [5, 5.41) is 21.0. The average Bonchev–Trinajstić information content (AvgIpc) is 3.49. The summed E-state index contributed by atoms with van der Waals surface area (Å²) >= 11 is 1.38. The quantitative estimate of drug-likeness (QED) is 0.459. The summed E-state index contributed by atoms with van der Waals surface area (Å²) in [4.78, 5) is 11.1. The van der Waals surface area contributed by atoms with E-state index in [0.717, 1.165) is 42.7 Å². The van der Waals surface area contributed by atoms with Crippen molar-refractivity contribution >= 4 is 34.5 Å². The molecule has 7 nitrogen and oxygen atoms in total. The Morgan fingerprint density at radius 1 is 1.12 bits per heavy atom. The van der Waals surface area contributed by atoms with Crippen molar-refractivity contribution in [3.63, 3.8) is 0 Å². The Kier molecular flexibility index (Phi) is 5.35. The molecule has 160 valence electrons. The molecule has 1 aliphatic heterocycles. The molecule has 0 saturated carbocycles. The molecule has 0 bridgehead atoms. The molecule has 4 heterocycles. The van der Waals surface area contributed by atoms with E-state index in [1.807, 2.05) is 64.7 Å².